The SMILES string of the molecule is CN(c1ccc(-c2ccccc2)cc1)c1ccc(-c2ccccc2)cc1.CN(c1ccccc1)c1ccc(-c2ccccc2)cc1.CN(c1ccccc1)c1cccc(-c2ccccc2)c1.CN(c1ccccc1)c1ccccc1.CN(c1ccccc1)c1ccccc1-c1ccccc1. The third-order valence-corrected chi connectivity index (χ3v) is 17.5. The van der Waals surface area contributed by atoms with Crippen LogP contribution in [0.4, 0.5) is 56.9 Å². The van der Waals surface area contributed by atoms with Gasteiger partial charge in [0.05, 0.1) is 0 Å². The van der Waals surface area contributed by atoms with Crippen molar-refractivity contribution in [2.75, 3.05) is 59.7 Å². The first-order valence-corrected chi connectivity index (χ1v) is 33.9. The van der Waals surface area contributed by atoms with Gasteiger partial charge in [0.15, 0.2) is 0 Å². The summed E-state index contributed by atoms with van der Waals surface area (Å²) in [5.41, 5.74) is 24.4. The molecule has 0 saturated heterocycles. The zero-order chi connectivity index (χ0) is 68.9. The lowest BCUT2D eigenvalue weighted by Crippen LogP contribution is -2.10. The van der Waals surface area contributed by atoms with E-state index in [1.165, 1.54) is 113 Å². The highest BCUT2D eigenvalue weighted by Gasteiger charge is 2.12. The monoisotopic (exact) mass is 1300 g/mol. The first kappa shape index (κ1) is 68.7. The maximum Gasteiger partial charge on any atom is 0.0487 e. The molecule has 0 unspecified atom stereocenters. The van der Waals surface area contributed by atoms with Crippen molar-refractivity contribution in [3.63, 3.8) is 0 Å². The van der Waals surface area contributed by atoms with Crippen molar-refractivity contribution < 1.29 is 0 Å². The minimum atomic E-state index is 1.18. The lowest BCUT2D eigenvalue weighted by molar-refractivity contribution is 1.21. The average Bonchev–Trinajstić information content (AvgIpc) is 0.855. The van der Waals surface area contributed by atoms with Gasteiger partial charge in [-0.05, 0) is 165 Å². The van der Waals surface area contributed by atoms with E-state index in [4.69, 9.17) is 0 Å². The number of nitrogens with zero attached hydrogens (tertiary/aromatic N) is 5. The Labute approximate surface area is 593 Å². The number of anilines is 10. The predicted octanol–water partition coefficient (Wildman–Crippen LogP) is 25.6. The first-order valence-electron chi connectivity index (χ1n) is 33.9. The number of benzene rings is 15. The minimum absolute atomic E-state index is 1.18. The second-order valence-corrected chi connectivity index (χ2v) is 24.0. The molecule has 0 spiro atoms. The van der Waals surface area contributed by atoms with Gasteiger partial charge in [-0.2, -0.15) is 0 Å². The van der Waals surface area contributed by atoms with E-state index in [2.05, 4.69) is 424 Å². The summed E-state index contributed by atoms with van der Waals surface area (Å²) in [6, 6.07) is 147. The normalized spacial score (nSPS) is 10.2. The van der Waals surface area contributed by atoms with E-state index < -0.39 is 0 Å². The van der Waals surface area contributed by atoms with Gasteiger partial charge in [-0.3, -0.25) is 0 Å². The second-order valence-electron chi connectivity index (χ2n) is 24.0. The third-order valence-electron chi connectivity index (χ3n) is 17.5. The molecular formula is C95H85N5. The number of hydrogen-bond acceptors (Lipinski definition) is 5. The van der Waals surface area contributed by atoms with Crippen molar-refractivity contribution in [3.8, 4) is 55.6 Å². The van der Waals surface area contributed by atoms with Crippen LogP contribution in [-0.2, 0) is 0 Å². The highest BCUT2D eigenvalue weighted by Crippen LogP contribution is 2.36. The Morgan fingerprint density at radius 3 is 0.620 bits per heavy atom. The van der Waals surface area contributed by atoms with Gasteiger partial charge in [0.25, 0.3) is 0 Å². The summed E-state index contributed by atoms with van der Waals surface area (Å²) in [5, 5.41) is 0. The number of hydrogen-bond donors (Lipinski definition) is 0. The molecule has 0 bridgehead atoms. The zero-order valence-electron chi connectivity index (χ0n) is 57.7. The summed E-state index contributed by atoms with van der Waals surface area (Å²) >= 11 is 0. The molecule has 15 aromatic carbocycles. The molecule has 100 heavy (non-hydrogen) atoms. The number of para-hydroxylation sites is 6. The predicted molar refractivity (Wildman–Crippen MR) is 432 cm³/mol. The van der Waals surface area contributed by atoms with Gasteiger partial charge < -0.3 is 24.5 Å². The Balaban J connectivity index is 0.000000128. The summed E-state index contributed by atoms with van der Waals surface area (Å²) in [4.78, 5) is 11.0. The van der Waals surface area contributed by atoms with Gasteiger partial charge in [-0.1, -0.05) is 309 Å². The molecule has 0 N–H and O–H groups in total. The molecule has 0 saturated carbocycles. The van der Waals surface area contributed by atoms with E-state index in [9.17, 15) is 0 Å². The van der Waals surface area contributed by atoms with E-state index in [0.717, 1.165) is 0 Å². The summed E-state index contributed by atoms with van der Waals surface area (Å²) < 4.78 is 0. The van der Waals surface area contributed by atoms with Crippen molar-refractivity contribution in [1.29, 1.82) is 0 Å². The molecule has 0 radical (unpaired) electrons. The van der Waals surface area contributed by atoms with E-state index >= 15 is 0 Å². The van der Waals surface area contributed by atoms with Gasteiger partial charge in [-0.15, -0.1) is 0 Å². The average molecular weight is 1300 g/mol. The van der Waals surface area contributed by atoms with Crippen LogP contribution in [0.15, 0.2) is 425 Å². The van der Waals surface area contributed by atoms with Crippen molar-refractivity contribution in [3.05, 3.63) is 425 Å². The molecule has 0 aromatic heterocycles. The Bertz CT molecular complexity index is 4640. The van der Waals surface area contributed by atoms with Gasteiger partial charge in [-0.25, -0.2) is 0 Å². The van der Waals surface area contributed by atoms with Crippen LogP contribution in [-0.4, -0.2) is 35.2 Å². The van der Waals surface area contributed by atoms with Crippen LogP contribution in [0.25, 0.3) is 55.6 Å². The van der Waals surface area contributed by atoms with Crippen molar-refractivity contribution in [2.45, 2.75) is 0 Å². The van der Waals surface area contributed by atoms with Gasteiger partial charge >= 0.3 is 0 Å². The maximum absolute atomic E-state index is 2.22. The standard InChI is InChI=1S/C25H21N.3C19H17N.C13H13N/c1-26(24-16-12-22(13-17-24)20-8-4-2-5-9-20)25-18-14-23(15-19-25)21-10-6-3-7-11-21;1-20(17-12-6-3-7-13-17)19-15-9-8-14-18(19)16-10-4-2-5-11-16;1-20(18-12-6-3-7-13-18)19-14-8-11-17(15-19)16-9-4-2-5-10-16;1-20(18-10-6-3-7-11-18)19-14-12-17(13-15-19)16-8-4-2-5-9-16;1-14(12-8-4-2-5-9-12)13-10-6-3-7-11-13/h2-19H,1H3;3*2-15H,1H3;2-11H,1H3. The van der Waals surface area contributed by atoms with Crippen molar-refractivity contribution in [2.24, 2.45) is 0 Å². The van der Waals surface area contributed by atoms with Crippen LogP contribution in [0.2, 0.25) is 0 Å². The lowest BCUT2D eigenvalue weighted by Gasteiger charge is -2.22. The smallest absolute Gasteiger partial charge is 0.0487 e. The molecule has 0 aliphatic carbocycles. The molecule has 0 heterocycles. The first-order chi connectivity index (χ1) is 49.2. The third kappa shape index (κ3) is 19.1. The van der Waals surface area contributed by atoms with Crippen LogP contribution in [0.1, 0.15) is 0 Å². The van der Waals surface area contributed by atoms with Crippen LogP contribution in [0, 0.1) is 0 Å². The summed E-state index contributed by atoms with van der Waals surface area (Å²) in [5.74, 6) is 0. The van der Waals surface area contributed by atoms with Crippen LogP contribution < -0.4 is 24.5 Å². The lowest BCUT2D eigenvalue weighted by atomic mass is 10.0. The molecule has 5 heteroatoms. The molecule has 0 amide bonds. The maximum atomic E-state index is 2.22. The quantitative estimate of drug-likeness (QED) is 0.101. The fourth-order valence-corrected chi connectivity index (χ4v) is 11.7. The van der Waals surface area contributed by atoms with Gasteiger partial charge in [0.2, 0.25) is 0 Å². The molecular weight excluding hydrogens is 1210 g/mol. The van der Waals surface area contributed by atoms with Crippen molar-refractivity contribution in [1.82, 2.24) is 0 Å². The highest BCUT2D eigenvalue weighted by atomic mass is 15.1. The van der Waals surface area contributed by atoms with Gasteiger partial charge in [0.1, 0.15) is 0 Å². The molecule has 0 aliphatic heterocycles. The molecule has 0 fully saturated rings. The van der Waals surface area contributed by atoms with Crippen molar-refractivity contribution >= 4 is 56.9 Å². The fourth-order valence-electron chi connectivity index (χ4n) is 11.7. The molecule has 15 aromatic rings. The molecule has 490 valence electrons. The van der Waals surface area contributed by atoms with E-state index in [1.54, 1.807) is 0 Å². The van der Waals surface area contributed by atoms with E-state index in [-0.39, 0.29) is 0 Å². The molecule has 0 atom stereocenters. The van der Waals surface area contributed by atoms with Gasteiger partial charge in [0, 0.05) is 97.7 Å². The molecule has 5 nitrogen and oxygen atoms in total. The second kappa shape index (κ2) is 35.9. The van der Waals surface area contributed by atoms with Crippen LogP contribution >= 0.6 is 0 Å². The minimum Gasteiger partial charge on any atom is -0.345 e. The Morgan fingerprint density at radius 2 is 0.320 bits per heavy atom. The van der Waals surface area contributed by atoms with Crippen LogP contribution in [0.5, 0.6) is 0 Å². The summed E-state index contributed by atoms with van der Waals surface area (Å²) in [7, 11) is 10.5. The van der Waals surface area contributed by atoms with E-state index in [0.29, 0.717) is 0 Å². The fraction of sp³-hybridized carbons (Fsp3) is 0.0526. The Morgan fingerprint density at radius 1 is 0.130 bits per heavy atom. The number of rotatable bonds is 15. The Kier molecular flexibility index (Phi) is 24.6. The van der Waals surface area contributed by atoms with E-state index in [1.807, 2.05) is 60.7 Å². The van der Waals surface area contributed by atoms with Crippen LogP contribution in [0.3, 0.4) is 0 Å². The molecule has 0 aliphatic rings. The largest absolute Gasteiger partial charge is 0.345 e. The summed E-state index contributed by atoms with van der Waals surface area (Å²) in [6.45, 7) is 0. The topological polar surface area (TPSA) is 16.2 Å². The zero-order valence-corrected chi connectivity index (χ0v) is 57.7. The molecule has 15 rings (SSSR count). The highest BCUT2D eigenvalue weighted by molar-refractivity contribution is 5.82. The summed E-state index contributed by atoms with van der Waals surface area (Å²) in [6.07, 6.45) is 0. The Hall–Kier alpha value is -12.7.